The molecule has 0 bridgehead atoms. The van der Waals surface area contributed by atoms with E-state index in [1.54, 1.807) is 7.05 Å². The minimum Gasteiger partial charge on any atom is -0.453 e. The summed E-state index contributed by atoms with van der Waals surface area (Å²) in [6, 6.07) is 0. The second kappa shape index (κ2) is 4.14. The molecule has 0 saturated carbocycles. The van der Waals surface area contributed by atoms with Crippen molar-refractivity contribution in [1.29, 1.82) is 0 Å². The van der Waals surface area contributed by atoms with Gasteiger partial charge in [0, 0.05) is 13.6 Å². The number of methoxy groups -OCH3 is 1. The summed E-state index contributed by atoms with van der Waals surface area (Å²) >= 11 is 0. The molecule has 0 spiro atoms. The Morgan fingerprint density at radius 1 is 1.78 bits per heavy atom. The Kier molecular flexibility index (Phi) is 3.79. The first kappa shape index (κ1) is 8.23. The van der Waals surface area contributed by atoms with Crippen LogP contribution >= 0.6 is 0 Å². The summed E-state index contributed by atoms with van der Waals surface area (Å²) < 4.78 is 4.34. The number of aliphatic hydroxyl groups excluding tert-OH is 1. The van der Waals surface area contributed by atoms with Crippen LogP contribution in [0.1, 0.15) is 0 Å². The third-order valence-electron chi connectivity index (χ3n) is 0.922. The maximum Gasteiger partial charge on any atom is 0.409 e. The van der Waals surface area contributed by atoms with Crippen molar-refractivity contribution in [3.63, 3.8) is 0 Å². The number of likely N-dealkylation sites (N-methyl/N-ethyl adjacent to an activating group) is 1. The van der Waals surface area contributed by atoms with Crippen molar-refractivity contribution >= 4 is 6.09 Å². The summed E-state index contributed by atoms with van der Waals surface area (Å²) in [6.45, 7) is 0.276. The summed E-state index contributed by atoms with van der Waals surface area (Å²) in [5, 5.41) is 8.33. The normalized spacial score (nSPS) is 8.78. The lowest BCUT2D eigenvalue weighted by Crippen LogP contribution is -2.29. The molecule has 0 heterocycles. The molecular weight excluding hydrogens is 122 g/mol. The van der Waals surface area contributed by atoms with Crippen molar-refractivity contribution in [3.05, 3.63) is 0 Å². The highest BCUT2D eigenvalue weighted by Gasteiger charge is 2.04. The Balaban J connectivity index is 3.45. The highest BCUT2D eigenvalue weighted by atomic mass is 16.5. The van der Waals surface area contributed by atoms with Gasteiger partial charge in [-0.2, -0.15) is 0 Å². The molecule has 0 rings (SSSR count). The van der Waals surface area contributed by atoms with Crippen molar-refractivity contribution in [3.8, 4) is 0 Å². The number of rotatable bonds is 2. The Hall–Kier alpha value is -0.770. The Morgan fingerprint density at radius 3 is 2.67 bits per heavy atom. The summed E-state index contributed by atoms with van der Waals surface area (Å²) in [5.74, 6) is 0. The highest BCUT2D eigenvalue weighted by Crippen LogP contribution is 1.84. The summed E-state index contributed by atoms with van der Waals surface area (Å²) in [4.78, 5) is 11.8. The molecule has 4 heteroatoms. The lowest BCUT2D eigenvalue weighted by atomic mass is 10.6. The minimum absolute atomic E-state index is 0.0361. The predicted octanol–water partition coefficient (Wildman–Crippen LogP) is -0.323. The number of nitrogens with zero attached hydrogens (tertiary/aromatic N) is 1. The molecule has 9 heavy (non-hydrogen) atoms. The van der Waals surface area contributed by atoms with E-state index < -0.39 is 6.09 Å². The maximum atomic E-state index is 10.5. The van der Waals surface area contributed by atoms with E-state index in [-0.39, 0.29) is 6.61 Å². The molecule has 1 amide bonds. The second-order valence-electron chi connectivity index (χ2n) is 1.62. The van der Waals surface area contributed by atoms with Crippen LogP contribution in [0, 0.1) is 0 Å². The summed E-state index contributed by atoms with van der Waals surface area (Å²) in [5.41, 5.74) is 0. The first-order valence-electron chi connectivity index (χ1n) is 2.62. The van der Waals surface area contributed by atoms with Gasteiger partial charge in [0.2, 0.25) is 0 Å². The van der Waals surface area contributed by atoms with Gasteiger partial charge >= 0.3 is 6.09 Å². The maximum absolute atomic E-state index is 10.5. The van der Waals surface area contributed by atoms with E-state index in [1.807, 2.05) is 0 Å². The van der Waals surface area contributed by atoms with Crippen LogP contribution in [-0.4, -0.2) is 43.4 Å². The zero-order valence-electron chi connectivity index (χ0n) is 5.63. The van der Waals surface area contributed by atoms with E-state index in [0.29, 0.717) is 6.54 Å². The van der Waals surface area contributed by atoms with Crippen LogP contribution in [0.25, 0.3) is 0 Å². The van der Waals surface area contributed by atoms with E-state index in [1.165, 1.54) is 12.0 Å². The molecule has 0 unspecified atom stereocenters. The summed E-state index contributed by atoms with van der Waals surface area (Å²) in [6.07, 6.45) is -0.427. The largest absolute Gasteiger partial charge is 0.453 e. The van der Waals surface area contributed by atoms with E-state index in [9.17, 15) is 4.79 Å². The van der Waals surface area contributed by atoms with Crippen LogP contribution in [0.5, 0.6) is 0 Å². The molecule has 0 aromatic carbocycles. The van der Waals surface area contributed by atoms with Gasteiger partial charge in [0.25, 0.3) is 0 Å². The van der Waals surface area contributed by atoms with Crippen LogP contribution in [0.15, 0.2) is 0 Å². The van der Waals surface area contributed by atoms with Crippen LogP contribution in [-0.2, 0) is 4.74 Å². The van der Waals surface area contributed by atoms with Gasteiger partial charge in [0.05, 0.1) is 13.7 Å². The molecule has 4 nitrogen and oxygen atoms in total. The van der Waals surface area contributed by atoms with Crippen LogP contribution in [0.4, 0.5) is 4.79 Å². The molecule has 0 aliphatic heterocycles. The van der Waals surface area contributed by atoms with Crippen molar-refractivity contribution < 1.29 is 14.6 Å². The Labute approximate surface area is 54.0 Å². The fraction of sp³-hybridized carbons (Fsp3) is 0.800. The lowest BCUT2D eigenvalue weighted by Gasteiger charge is -2.12. The number of carbonyl (C=O) groups excluding carboxylic acids is 1. The van der Waals surface area contributed by atoms with Gasteiger partial charge < -0.3 is 14.7 Å². The lowest BCUT2D eigenvalue weighted by molar-refractivity contribution is 0.124. The number of ether oxygens (including phenoxy) is 1. The third-order valence-corrected chi connectivity index (χ3v) is 0.922. The molecule has 0 aliphatic rings. The van der Waals surface area contributed by atoms with Crippen molar-refractivity contribution in [2.75, 3.05) is 27.3 Å². The first-order valence-corrected chi connectivity index (χ1v) is 2.62. The molecule has 0 saturated heterocycles. The highest BCUT2D eigenvalue weighted by molar-refractivity contribution is 5.66. The van der Waals surface area contributed by atoms with Gasteiger partial charge in [-0.25, -0.2) is 4.79 Å². The first-order chi connectivity index (χ1) is 4.22. The van der Waals surface area contributed by atoms with Crippen molar-refractivity contribution in [2.24, 2.45) is 0 Å². The van der Waals surface area contributed by atoms with Crippen LogP contribution in [0.3, 0.4) is 0 Å². The molecule has 1 N–H and O–H groups in total. The zero-order valence-corrected chi connectivity index (χ0v) is 5.63. The molecule has 54 valence electrons. The topological polar surface area (TPSA) is 49.8 Å². The number of hydrogen-bond donors (Lipinski definition) is 1. The van der Waals surface area contributed by atoms with Gasteiger partial charge in [-0.1, -0.05) is 0 Å². The van der Waals surface area contributed by atoms with Crippen molar-refractivity contribution in [1.82, 2.24) is 4.90 Å². The average Bonchev–Trinajstić information content (AvgIpc) is 1.87. The molecule has 0 fully saturated rings. The Morgan fingerprint density at radius 2 is 2.33 bits per heavy atom. The molecule has 0 radical (unpaired) electrons. The average molecular weight is 133 g/mol. The van der Waals surface area contributed by atoms with E-state index in [0.717, 1.165) is 0 Å². The fourth-order valence-corrected chi connectivity index (χ4v) is 0.397. The zero-order chi connectivity index (χ0) is 7.28. The molecule has 0 aromatic rings. The fourth-order valence-electron chi connectivity index (χ4n) is 0.397. The van der Waals surface area contributed by atoms with E-state index in [4.69, 9.17) is 5.11 Å². The number of aliphatic hydroxyl groups is 1. The van der Waals surface area contributed by atoms with Gasteiger partial charge in [-0.3, -0.25) is 0 Å². The third kappa shape index (κ3) is 2.92. The molecule has 0 atom stereocenters. The van der Waals surface area contributed by atoms with Crippen molar-refractivity contribution in [2.45, 2.75) is 0 Å². The molecule has 0 aromatic heterocycles. The van der Waals surface area contributed by atoms with Gasteiger partial charge in [-0.15, -0.1) is 0 Å². The number of hydrogen-bond acceptors (Lipinski definition) is 3. The Bertz CT molecular complexity index is 94.2. The molecular formula is C5H11NO3. The molecule has 0 aliphatic carbocycles. The summed E-state index contributed by atoms with van der Waals surface area (Å²) in [7, 11) is 2.86. The standard InChI is InChI=1S/C5H11NO3/c1-6(3-4-7)5(8)9-2/h7H,3-4H2,1-2H3. The van der Waals surface area contributed by atoms with Crippen LogP contribution < -0.4 is 0 Å². The van der Waals surface area contributed by atoms with E-state index in [2.05, 4.69) is 4.74 Å². The smallest absolute Gasteiger partial charge is 0.409 e. The minimum atomic E-state index is -0.427. The monoisotopic (exact) mass is 133 g/mol. The predicted molar refractivity (Wildman–Crippen MR) is 32.1 cm³/mol. The quantitative estimate of drug-likeness (QED) is 0.561. The number of amides is 1. The van der Waals surface area contributed by atoms with Gasteiger partial charge in [0.15, 0.2) is 0 Å². The van der Waals surface area contributed by atoms with Gasteiger partial charge in [-0.05, 0) is 0 Å². The van der Waals surface area contributed by atoms with Gasteiger partial charge in [0.1, 0.15) is 0 Å². The second-order valence-corrected chi connectivity index (χ2v) is 1.62. The van der Waals surface area contributed by atoms with Crippen LogP contribution in [0.2, 0.25) is 0 Å². The SMILES string of the molecule is COC(=O)N(C)CCO. The number of carbonyl (C=O) groups is 1. The van der Waals surface area contributed by atoms with E-state index >= 15 is 0 Å².